The van der Waals surface area contributed by atoms with Gasteiger partial charge in [-0.2, -0.15) is 4.31 Å². The van der Waals surface area contributed by atoms with Crippen molar-refractivity contribution in [1.82, 2.24) is 14.9 Å². The van der Waals surface area contributed by atoms with Gasteiger partial charge < -0.3 is 10.6 Å². The maximum Gasteiger partial charge on any atom is 0.243 e. The third kappa shape index (κ3) is 6.40. The molecule has 2 aromatic rings. The monoisotopic (exact) mass is 548 g/mol. The van der Waals surface area contributed by atoms with Crippen LogP contribution in [0.5, 0.6) is 0 Å². The number of hydrogen-bond donors (Lipinski definition) is 2. The van der Waals surface area contributed by atoms with Gasteiger partial charge in [0.25, 0.3) is 0 Å². The quantitative estimate of drug-likeness (QED) is 0.315. The van der Waals surface area contributed by atoms with Crippen LogP contribution in [0, 0.1) is 6.92 Å². The average molecular weight is 549 g/mol. The van der Waals surface area contributed by atoms with E-state index >= 15 is 0 Å². The Morgan fingerprint density at radius 2 is 1.83 bits per heavy atom. The number of guanidine groups is 1. The molecule has 1 aliphatic heterocycles. The van der Waals surface area contributed by atoms with Gasteiger partial charge in [-0.05, 0) is 61.4 Å². The Hall–Kier alpha value is -1.17. The topological polar surface area (TPSA) is 73.8 Å². The first-order chi connectivity index (χ1) is 13.5. The number of thiophene rings is 1. The molecule has 0 amide bonds. The van der Waals surface area contributed by atoms with Crippen molar-refractivity contribution in [1.29, 1.82) is 0 Å². The summed E-state index contributed by atoms with van der Waals surface area (Å²) in [6, 6.07) is 9.18. The number of nitrogens with one attached hydrogen (secondary N) is 2. The first kappa shape index (κ1) is 24.1. The molecule has 1 aromatic heterocycles. The summed E-state index contributed by atoms with van der Waals surface area (Å²) in [5.41, 5.74) is 2.26. The minimum atomic E-state index is -3.36. The van der Waals surface area contributed by atoms with E-state index in [4.69, 9.17) is 0 Å². The van der Waals surface area contributed by atoms with E-state index < -0.39 is 10.0 Å². The summed E-state index contributed by atoms with van der Waals surface area (Å²) >= 11 is 1.73. The van der Waals surface area contributed by atoms with E-state index in [1.165, 1.54) is 10.4 Å². The molecule has 1 aromatic carbocycles. The molecule has 0 spiro atoms. The second-order valence-corrected chi connectivity index (χ2v) is 9.77. The van der Waals surface area contributed by atoms with E-state index in [9.17, 15) is 8.42 Å². The molecule has 0 atom stereocenters. The third-order valence-electron chi connectivity index (χ3n) is 4.77. The fourth-order valence-electron chi connectivity index (χ4n) is 3.11. The van der Waals surface area contributed by atoms with Gasteiger partial charge in [0.05, 0.1) is 18.0 Å². The lowest BCUT2D eigenvalue weighted by Gasteiger charge is -2.15. The molecule has 2 heterocycles. The van der Waals surface area contributed by atoms with E-state index in [1.807, 2.05) is 19.1 Å². The number of benzene rings is 1. The summed E-state index contributed by atoms with van der Waals surface area (Å²) in [6.45, 7) is 7.39. The van der Waals surface area contributed by atoms with Crippen LogP contribution in [-0.4, -0.2) is 38.3 Å². The maximum absolute atomic E-state index is 12.6. The molecule has 1 aliphatic rings. The lowest BCUT2D eigenvalue weighted by molar-refractivity contribution is 0.477. The van der Waals surface area contributed by atoms with E-state index in [0.717, 1.165) is 37.5 Å². The van der Waals surface area contributed by atoms with Crippen molar-refractivity contribution in [3.63, 3.8) is 0 Å². The molecular weight excluding hydrogens is 519 g/mol. The zero-order chi connectivity index (χ0) is 20.0. The Labute approximate surface area is 194 Å². The summed E-state index contributed by atoms with van der Waals surface area (Å²) in [7, 11) is -3.36. The molecule has 3 rings (SSSR count). The molecule has 0 saturated carbocycles. The van der Waals surface area contributed by atoms with Gasteiger partial charge in [-0.15, -0.1) is 35.3 Å². The Kier molecular flexibility index (Phi) is 9.38. The van der Waals surface area contributed by atoms with Crippen LogP contribution in [0.3, 0.4) is 0 Å². The highest BCUT2D eigenvalue weighted by Gasteiger charge is 2.26. The Balaban J connectivity index is 0.00000300. The highest BCUT2D eigenvalue weighted by molar-refractivity contribution is 14.0. The summed E-state index contributed by atoms with van der Waals surface area (Å²) in [6.07, 6.45) is 1.88. The first-order valence-corrected chi connectivity index (χ1v) is 12.0. The summed E-state index contributed by atoms with van der Waals surface area (Å²) in [5.74, 6) is 0.754. The predicted octanol–water partition coefficient (Wildman–Crippen LogP) is 3.71. The van der Waals surface area contributed by atoms with Crippen LogP contribution in [0.4, 0.5) is 0 Å². The molecule has 160 valence electrons. The van der Waals surface area contributed by atoms with E-state index in [0.29, 0.717) is 24.5 Å². The number of halogens is 1. The highest BCUT2D eigenvalue weighted by Crippen LogP contribution is 2.21. The minimum absolute atomic E-state index is 0. The standard InChI is InChI=1S/C20H28N4O2S2.HI/c1-3-21-20(23-15-19-16(2)10-13-27-19)22-14-17-6-8-18(9-7-17)28(25,26)24-11-4-5-12-24;/h6-10,13H,3-5,11-12,14-15H2,1-2H3,(H2,21,22,23);1H. The Morgan fingerprint density at radius 1 is 1.14 bits per heavy atom. The second-order valence-electron chi connectivity index (χ2n) is 6.83. The number of aliphatic imine (C=N–C) groups is 1. The lowest BCUT2D eigenvalue weighted by atomic mass is 10.2. The van der Waals surface area contributed by atoms with Crippen molar-refractivity contribution < 1.29 is 8.42 Å². The predicted molar refractivity (Wildman–Crippen MR) is 131 cm³/mol. The van der Waals surface area contributed by atoms with Gasteiger partial charge in [-0.1, -0.05) is 12.1 Å². The molecular formula is C20H29IN4O2S2. The fourth-order valence-corrected chi connectivity index (χ4v) is 5.47. The summed E-state index contributed by atoms with van der Waals surface area (Å²) < 4.78 is 26.8. The molecule has 2 N–H and O–H groups in total. The fraction of sp³-hybridized carbons (Fsp3) is 0.450. The summed E-state index contributed by atoms with van der Waals surface area (Å²) in [5, 5.41) is 8.69. The zero-order valence-corrected chi connectivity index (χ0v) is 20.8. The van der Waals surface area contributed by atoms with Crippen LogP contribution in [0.25, 0.3) is 0 Å². The normalized spacial score (nSPS) is 15.2. The molecule has 9 heteroatoms. The van der Waals surface area contributed by atoms with Crippen molar-refractivity contribution >= 4 is 51.3 Å². The largest absolute Gasteiger partial charge is 0.357 e. The van der Waals surface area contributed by atoms with Gasteiger partial charge in [-0.25, -0.2) is 13.4 Å². The van der Waals surface area contributed by atoms with Gasteiger partial charge in [0.2, 0.25) is 10.0 Å². The molecule has 29 heavy (non-hydrogen) atoms. The number of sulfonamides is 1. The molecule has 1 fully saturated rings. The smallest absolute Gasteiger partial charge is 0.243 e. The maximum atomic E-state index is 12.6. The third-order valence-corrected chi connectivity index (χ3v) is 7.71. The highest BCUT2D eigenvalue weighted by atomic mass is 127. The van der Waals surface area contributed by atoms with Crippen molar-refractivity contribution in [2.75, 3.05) is 19.6 Å². The number of nitrogens with zero attached hydrogens (tertiary/aromatic N) is 2. The number of hydrogen-bond acceptors (Lipinski definition) is 4. The van der Waals surface area contributed by atoms with Gasteiger partial charge >= 0.3 is 0 Å². The first-order valence-electron chi connectivity index (χ1n) is 9.65. The summed E-state index contributed by atoms with van der Waals surface area (Å²) in [4.78, 5) is 6.28. The van der Waals surface area contributed by atoms with Crippen LogP contribution in [0.2, 0.25) is 0 Å². The van der Waals surface area contributed by atoms with Gasteiger partial charge in [0.15, 0.2) is 5.96 Å². The van der Waals surface area contributed by atoms with Crippen LogP contribution in [-0.2, 0) is 23.1 Å². The zero-order valence-electron chi connectivity index (χ0n) is 16.8. The van der Waals surface area contributed by atoms with Gasteiger partial charge in [0.1, 0.15) is 0 Å². The SMILES string of the molecule is CCNC(=NCc1ccc(S(=O)(=O)N2CCCC2)cc1)NCc1sccc1C.I. The Bertz CT molecular complexity index is 905. The Morgan fingerprint density at radius 3 is 2.41 bits per heavy atom. The molecule has 0 aliphatic carbocycles. The molecule has 0 bridgehead atoms. The van der Waals surface area contributed by atoms with E-state index in [1.54, 1.807) is 27.8 Å². The van der Waals surface area contributed by atoms with Crippen molar-refractivity contribution in [3.8, 4) is 0 Å². The van der Waals surface area contributed by atoms with E-state index in [-0.39, 0.29) is 24.0 Å². The van der Waals surface area contributed by atoms with Crippen molar-refractivity contribution in [2.24, 2.45) is 4.99 Å². The van der Waals surface area contributed by atoms with Crippen LogP contribution in [0.15, 0.2) is 45.6 Å². The molecule has 1 saturated heterocycles. The minimum Gasteiger partial charge on any atom is -0.357 e. The van der Waals surface area contributed by atoms with Crippen LogP contribution < -0.4 is 10.6 Å². The van der Waals surface area contributed by atoms with Crippen molar-refractivity contribution in [3.05, 3.63) is 51.7 Å². The van der Waals surface area contributed by atoms with Crippen molar-refractivity contribution in [2.45, 2.75) is 44.7 Å². The molecule has 0 unspecified atom stereocenters. The number of aryl methyl sites for hydroxylation is 1. The second kappa shape index (κ2) is 11.3. The van der Waals surface area contributed by atoms with Crippen LogP contribution in [0.1, 0.15) is 35.8 Å². The van der Waals surface area contributed by atoms with E-state index in [2.05, 4.69) is 34.0 Å². The number of rotatable bonds is 7. The lowest BCUT2D eigenvalue weighted by Crippen LogP contribution is -2.36. The average Bonchev–Trinajstić information content (AvgIpc) is 3.37. The van der Waals surface area contributed by atoms with Gasteiger partial charge in [0, 0.05) is 24.5 Å². The van der Waals surface area contributed by atoms with Crippen LogP contribution >= 0.6 is 35.3 Å². The van der Waals surface area contributed by atoms with Gasteiger partial charge in [-0.3, -0.25) is 0 Å². The molecule has 6 nitrogen and oxygen atoms in total. The molecule has 0 radical (unpaired) electrons.